The van der Waals surface area contributed by atoms with Gasteiger partial charge in [0.1, 0.15) is 5.69 Å². The van der Waals surface area contributed by atoms with Gasteiger partial charge in [0.05, 0.1) is 25.0 Å². The average molecular weight is 221 g/mol. The Bertz CT molecular complexity index is 487. The molecule has 0 saturated heterocycles. The highest BCUT2D eigenvalue weighted by Crippen LogP contribution is 2.26. The standard InChI is InChI=1S/C10H15N5O/c1-14-5-4-7(13-14)9(11)10-8(16-3)6-12-15(10)2/h4-6,9H,11H2,1-3H3. The fraction of sp³-hybridized carbons (Fsp3) is 0.400. The maximum atomic E-state index is 6.13. The minimum absolute atomic E-state index is 0.330. The zero-order valence-corrected chi connectivity index (χ0v) is 9.58. The van der Waals surface area contributed by atoms with E-state index >= 15 is 0 Å². The third kappa shape index (κ3) is 1.67. The van der Waals surface area contributed by atoms with Crippen molar-refractivity contribution in [2.45, 2.75) is 6.04 Å². The largest absolute Gasteiger partial charge is 0.493 e. The zero-order valence-electron chi connectivity index (χ0n) is 9.58. The first-order valence-corrected chi connectivity index (χ1v) is 4.94. The topological polar surface area (TPSA) is 70.9 Å². The SMILES string of the molecule is COc1cnn(C)c1C(N)c1ccn(C)n1. The van der Waals surface area contributed by atoms with Gasteiger partial charge in [0.15, 0.2) is 5.75 Å². The number of nitrogens with two attached hydrogens (primary N) is 1. The minimum atomic E-state index is -0.330. The summed E-state index contributed by atoms with van der Waals surface area (Å²) in [4.78, 5) is 0. The summed E-state index contributed by atoms with van der Waals surface area (Å²) in [5.74, 6) is 0.681. The van der Waals surface area contributed by atoms with Crippen LogP contribution < -0.4 is 10.5 Å². The first-order valence-electron chi connectivity index (χ1n) is 4.94. The van der Waals surface area contributed by atoms with Crippen molar-refractivity contribution >= 4 is 0 Å². The normalized spacial score (nSPS) is 12.8. The van der Waals surface area contributed by atoms with Crippen molar-refractivity contribution in [3.63, 3.8) is 0 Å². The number of hydrogen-bond donors (Lipinski definition) is 1. The van der Waals surface area contributed by atoms with E-state index in [0.717, 1.165) is 11.4 Å². The predicted molar refractivity (Wildman–Crippen MR) is 59.0 cm³/mol. The summed E-state index contributed by atoms with van der Waals surface area (Å²) in [5, 5.41) is 8.40. The summed E-state index contributed by atoms with van der Waals surface area (Å²) < 4.78 is 8.64. The van der Waals surface area contributed by atoms with Crippen LogP contribution in [0.4, 0.5) is 0 Å². The lowest BCUT2D eigenvalue weighted by molar-refractivity contribution is 0.405. The van der Waals surface area contributed by atoms with Crippen molar-refractivity contribution in [3.05, 3.63) is 29.8 Å². The number of methoxy groups -OCH3 is 1. The lowest BCUT2D eigenvalue weighted by Gasteiger charge is -2.11. The third-order valence-electron chi connectivity index (χ3n) is 2.52. The van der Waals surface area contributed by atoms with Gasteiger partial charge >= 0.3 is 0 Å². The van der Waals surface area contributed by atoms with Gasteiger partial charge < -0.3 is 10.5 Å². The lowest BCUT2D eigenvalue weighted by Crippen LogP contribution is -2.17. The fourth-order valence-electron chi connectivity index (χ4n) is 1.68. The number of ether oxygens (including phenoxy) is 1. The molecule has 6 nitrogen and oxygen atoms in total. The Morgan fingerprint density at radius 3 is 2.75 bits per heavy atom. The van der Waals surface area contributed by atoms with E-state index in [1.54, 1.807) is 22.7 Å². The molecule has 0 aliphatic rings. The van der Waals surface area contributed by atoms with E-state index in [-0.39, 0.29) is 6.04 Å². The monoisotopic (exact) mass is 221 g/mol. The van der Waals surface area contributed by atoms with Gasteiger partial charge in [-0.25, -0.2) is 0 Å². The van der Waals surface area contributed by atoms with E-state index in [4.69, 9.17) is 10.5 Å². The Kier molecular flexibility index (Phi) is 2.66. The van der Waals surface area contributed by atoms with E-state index in [1.807, 2.05) is 26.4 Å². The van der Waals surface area contributed by atoms with Crippen LogP contribution in [0.2, 0.25) is 0 Å². The van der Waals surface area contributed by atoms with E-state index in [9.17, 15) is 0 Å². The van der Waals surface area contributed by atoms with Gasteiger partial charge in [-0.15, -0.1) is 0 Å². The van der Waals surface area contributed by atoms with Crippen molar-refractivity contribution in [2.24, 2.45) is 19.8 Å². The molecular formula is C10H15N5O. The number of aryl methyl sites for hydroxylation is 2. The molecule has 2 aromatic heterocycles. The highest BCUT2D eigenvalue weighted by atomic mass is 16.5. The minimum Gasteiger partial charge on any atom is -0.493 e. The molecule has 1 atom stereocenters. The van der Waals surface area contributed by atoms with Crippen molar-refractivity contribution in [2.75, 3.05) is 7.11 Å². The maximum absolute atomic E-state index is 6.13. The Morgan fingerprint density at radius 2 is 2.19 bits per heavy atom. The molecule has 16 heavy (non-hydrogen) atoms. The van der Waals surface area contributed by atoms with Crippen LogP contribution in [0.1, 0.15) is 17.4 Å². The molecule has 6 heteroatoms. The van der Waals surface area contributed by atoms with E-state index in [2.05, 4.69) is 10.2 Å². The van der Waals surface area contributed by atoms with E-state index < -0.39 is 0 Å². The number of nitrogens with zero attached hydrogens (tertiary/aromatic N) is 4. The van der Waals surface area contributed by atoms with Gasteiger partial charge in [-0.3, -0.25) is 9.36 Å². The summed E-state index contributed by atoms with van der Waals surface area (Å²) in [5.41, 5.74) is 7.75. The van der Waals surface area contributed by atoms with Gasteiger partial charge in [-0.2, -0.15) is 10.2 Å². The molecule has 0 radical (unpaired) electrons. The highest BCUT2D eigenvalue weighted by Gasteiger charge is 2.20. The van der Waals surface area contributed by atoms with Crippen molar-refractivity contribution in [3.8, 4) is 5.75 Å². The molecule has 86 valence electrons. The van der Waals surface area contributed by atoms with Crippen molar-refractivity contribution in [1.82, 2.24) is 19.6 Å². The second-order valence-corrected chi connectivity index (χ2v) is 3.61. The molecule has 0 aromatic carbocycles. The van der Waals surface area contributed by atoms with Crippen molar-refractivity contribution < 1.29 is 4.74 Å². The van der Waals surface area contributed by atoms with E-state index in [0.29, 0.717) is 5.75 Å². The Labute approximate surface area is 93.6 Å². The summed E-state index contributed by atoms with van der Waals surface area (Å²) >= 11 is 0. The van der Waals surface area contributed by atoms with Crippen LogP contribution in [-0.4, -0.2) is 26.7 Å². The third-order valence-corrected chi connectivity index (χ3v) is 2.52. The molecule has 2 aromatic rings. The molecule has 1 unspecified atom stereocenters. The van der Waals surface area contributed by atoms with Gasteiger partial charge in [-0.1, -0.05) is 0 Å². The molecule has 0 amide bonds. The lowest BCUT2D eigenvalue weighted by atomic mass is 10.1. The molecule has 0 aliphatic heterocycles. The summed E-state index contributed by atoms with van der Waals surface area (Å²) in [6.45, 7) is 0. The second kappa shape index (κ2) is 3.97. The first-order chi connectivity index (χ1) is 7.63. The second-order valence-electron chi connectivity index (χ2n) is 3.61. The quantitative estimate of drug-likeness (QED) is 0.804. The molecule has 0 saturated carbocycles. The molecule has 2 rings (SSSR count). The van der Waals surface area contributed by atoms with Crippen LogP contribution in [0.3, 0.4) is 0 Å². The predicted octanol–water partition coefficient (Wildman–Crippen LogP) is 0.210. The van der Waals surface area contributed by atoms with Crippen LogP contribution in [-0.2, 0) is 14.1 Å². The van der Waals surface area contributed by atoms with Crippen LogP contribution in [0.15, 0.2) is 18.5 Å². The highest BCUT2D eigenvalue weighted by molar-refractivity contribution is 5.32. The summed E-state index contributed by atoms with van der Waals surface area (Å²) in [6.07, 6.45) is 3.51. The number of rotatable bonds is 3. The van der Waals surface area contributed by atoms with Crippen LogP contribution in [0, 0.1) is 0 Å². The summed E-state index contributed by atoms with van der Waals surface area (Å²) in [7, 11) is 5.29. The fourth-order valence-corrected chi connectivity index (χ4v) is 1.68. The molecular weight excluding hydrogens is 206 g/mol. The Morgan fingerprint density at radius 1 is 1.44 bits per heavy atom. The maximum Gasteiger partial charge on any atom is 0.161 e. The first kappa shape index (κ1) is 10.7. The van der Waals surface area contributed by atoms with Crippen molar-refractivity contribution in [1.29, 1.82) is 0 Å². The van der Waals surface area contributed by atoms with Crippen LogP contribution in [0.5, 0.6) is 5.75 Å². The molecule has 2 N–H and O–H groups in total. The Balaban J connectivity index is 2.40. The van der Waals surface area contributed by atoms with Gasteiger partial charge in [0.25, 0.3) is 0 Å². The van der Waals surface area contributed by atoms with Gasteiger partial charge in [-0.05, 0) is 6.07 Å². The smallest absolute Gasteiger partial charge is 0.161 e. The van der Waals surface area contributed by atoms with Gasteiger partial charge in [0, 0.05) is 20.3 Å². The molecule has 0 aliphatic carbocycles. The van der Waals surface area contributed by atoms with Crippen LogP contribution >= 0.6 is 0 Å². The molecule has 0 bridgehead atoms. The van der Waals surface area contributed by atoms with Crippen LogP contribution in [0.25, 0.3) is 0 Å². The zero-order chi connectivity index (χ0) is 11.7. The van der Waals surface area contributed by atoms with E-state index in [1.165, 1.54) is 0 Å². The number of aromatic nitrogens is 4. The molecule has 2 heterocycles. The summed E-state index contributed by atoms with van der Waals surface area (Å²) in [6, 6.07) is 1.56. The van der Waals surface area contributed by atoms with Gasteiger partial charge in [0.2, 0.25) is 0 Å². The average Bonchev–Trinajstić information content (AvgIpc) is 2.83. The number of hydrogen-bond acceptors (Lipinski definition) is 4. The Hall–Kier alpha value is -1.82. The molecule has 0 spiro atoms. The molecule has 0 fully saturated rings.